The number of aliphatic carboxylic acids is 1. The summed E-state index contributed by atoms with van der Waals surface area (Å²) < 4.78 is 5.87. The molecule has 0 fully saturated rings. The number of rotatable bonds is 2. The van der Waals surface area contributed by atoms with Crippen LogP contribution in [0.2, 0.25) is 0 Å². The van der Waals surface area contributed by atoms with Gasteiger partial charge in [0.1, 0.15) is 11.4 Å². The Balaban J connectivity index is 2.44. The Hall–Kier alpha value is -1.77. The molecule has 0 bridgehead atoms. The van der Waals surface area contributed by atoms with E-state index in [0.29, 0.717) is 0 Å². The summed E-state index contributed by atoms with van der Waals surface area (Å²) in [7, 11) is 0. The predicted octanol–water partition coefficient (Wildman–Crippen LogP) is 4.09. The summed E-state index contributed by atoms with van der Waals surface area (Å²) in [4.78, 5) is 11.6. The van der Waals surface area contributed by atoms with E-state index in [1.54, 1.807) is 0 Å². The van der Waals surface area contributed by atoms with Crippen LogP contribution in [0.3, 0.4) is 0 Å². The lowest BCUT2D eigenvalue weighted by atomic mass is 9.76. The maximum Gasteiger partial charge on any atom is 0.311 e. The lowest BCUT2D eigenvalue weighted by molar-refractivity contribution is -0.141. The average molecular weight is 274 g/mol. The highest BCUT2D eigenvalue weighted by Crippen LogP contribution is 2.39. The summed E-state index contributed by atoms with van der Waals surface area (Å²) in [6.45, 7) is 9.83. The third-order valence-electron chi connectivity index (χ3n) is 3.52. The summed E-state index contributed by atoms with van der Waals surface area (Å²) in [5, 5.41) is 9.50. The van der Waals surface area contributed by atoms with Crippen LogP contribution in [0.1, 0.15) is 51.7 Å². The average Bonchev–Trinajstić information content (AvgIpc) is 2.26. The Labute approximate surface area is 120 Å². The van der Waals surface area contributed by atoms with Crippen molar-refractivity contribution in [3.8, 4) is 5.75 Å². The number of fused-ring (bicyclic) bond motifs is 1. The molecule has 1 N–H and O–H groups in total. The van der Waals surface area contributed by atoms with Crippen LogP contribution in [0.15, 0.2) is 24.3 Å². The second-order valence-electron chi connectivity index (χ2n) is 6.97. The molecule has 0 amide bonds. The Morgan fingerprint density at radius 2 is 1.95 bits per heavy atom. The molecule has 0 saturated carbocycles. The summed E-state index contributed by atoms with van der Waals surface area (Å²) >= 11 is 0. The lowest BCUT2D eigenvalue weighted by Crippen LogP contribution is -2.28. The highest BCUT2D eigenvalue weighted by Gasteiger charge is 2.33. The van der Waals surface area contributed by atoms with Crippen LogP contribution in [0.25, 0.3) is 6.08 Å². The van der Waals surface area contributed by atoms with Crippen LogP contribution >= 0.6 is 0 Å². The smallest absolute Gasteiger partial charge is 0.311 e. The first kappa shape index (κ1) is 14.6. The molecular weight excluding hydrogens is 252 g/mol. The molecule has 1 heterocycles. The zero-order valence-electron chi connectivity index (χ0n) is 12.7. The van der Waals surface area contributed by atoms with Gasteiger partial charge in [-0.3, -0.25) is 4.79 Å². The van der Waals surface area contributed by atoms with E-state index in [-0.39, 0.29) is 11.0 Å². The summed E-state index contributed by atoms with van der Waals surface area (Å²) in [6.07, 6.45) is 4.00. The van der Waals surface area contributed by atoms with E-state index in [2.05, 4.69) is 0 Å². The van der Waals surface area contributed by atoms with E-state index in [1.165, 1.54) is 0 Å². The molecule has 1 aliphatic heterocycles. The Morgan fingerprint density at radius 3 is 2.50 bits per heavy atom. The molecule has 0 spiro atoms. The van der Waals surface area contributed by atoms with Gasteiger partial charge in [0.05, 0.1) is 5.92 Å². The number of hydrogen-bond acceptors (Lipinski definition) is 2. The predicted molar refractivity (Wildman–Crippen MR) is 80.0 cm³/mol. The fourth-order valence-electron chi connectivity index (χ4n) is 2.59. The largest absolute Gasteiger partial charge is 0.483 e. The fourth-order valence-corrected chi connectivity index (χ4v) is 2.59. The maximum absolute atomic E-state index is 11.6. The van der Waals surface area contributed by atoms with Gasteiger partial charge in [-0.15, -0.1) is 0 Å². The molecule has 108 valence electrons. The molecule has 0 radical (unpaired) electrons. The van der Waals surface area contributed by atoms with Crippen LogP contribution in [-0.4, -0.2) is 16.7 Å². The van der Waals surface area contributed by atoms with Gasteiger partial charge in [-0.2, -0.15) is 0 Å². The standard InChI is InChI=1S/C17H22O3/c1-16(2,3)14(15(18)19)12-6-7-13-11(10-12)8-9-17(4,5)20-13/h6-10,14H,1-5H3,(H,18,19). The zero-order valence-corrected chi connectivity index (χ0v) is 12.7. The highest BCUT2D eigenvalue weighted by molar-refractivity contribution is 5.78. The van der Waals surface area contributed by atoms with Crippen molar-refractivity contribution in [3.05, 3.63) is 35.4 Å². The number of carboxylic acid groups (broad SMARTS) is 1. The normalized spacial score (nSPS) is 18.1. The van der Waals surface area contributed by atoms with Gasteiger partial charge < -0.3 is 9.84 Å². The Bertz CT molecular complexity index is 562. The monoisotopic (exact) mass is 274 g/mol. The molecule has 1 atom stereocenters. The van der Waals surface area contributed by atoms with Gasteiger partial charge in [0, 0.05) is 5.56 Å². The zero-order chi connectivity index (χ0) is 15.1. The summed E-state index contributed by atoms with van der Waals surface area (Å²) in [6, 6.07) is 5.65. The summed E-state index contributed by atoms with van der Waals surface area (Å²) in [5.74, 6) is -0.520. The minimum atomic E-state index is -0.793. The van der Waals surface area contributed by atoms with E-state index in [1.807, 2.05) is 65.0 Å². The molecule has 1 unspecified atom stereocenters. The minimum absolute atomic E-state index is 0.315. The number of carbonyl (C=O) groups is 1. The van der Waals surface area contributed by atoms with Crippen molar-refractivity contribution in [2.45, 2.75) is 46.1 Å². The van der Waals surface area contributed by atoms with Crippen molar-refractivity contribution >= 4 is 12.0 Å². The van der Waals surface area contributed by atoms with Gasteiger partial charge in [0.2, 0.25) is 0 Å². The van der Waals surface area contributed by atoms with Crippen molar-refractivity contribution in [2.75, 3.05) is 0 Å². The van der Waals surface area contributed by atoms with Crippen LogP contribution in [0, 0.1) is 5.41 Å². The fraction of sp³-hybridized carbons (Fsp3) is 0.471. The minimum Gasteiger partial charge on any atom is -0.483 e. The first-order valence-corrected chi connectivity index (χ1v) is 6.85. The van der Waals surface area contributed by atoms with E-state index in [9.17, 15) is 9.90 Å². The van der Waals surface area contributed by atoms with Crippen LogP contribution in [0.4, 0.5) is 0 Å². The summed E-state index contributed by atoms with van der Waals surface area (Å²) in [5.41, 5.74) is 1.11. The van der Waals surface area contributed by atoms with Crippen molar-refractivity contribution in [3.63, 3.8) is 0 Å². The number of ether oxygens (including phenoxy) is 1. The number of hydrogen-bond donors (Lipinski definition) is 1. The Morgan fingerprint density at radius 1 is 1.30 bits per heavy atom. The van der Waals surface area contributed by atoms with E-state index in [0.717, 1.165) is 16.9 Å². The van der Waals surface area contributed by atoms with Gasteiger partial charge in [0.15, 0.2) is 0 Å². The molecule has 1 aliphatic rings. The maximum atomic E-state index is 11.6. The van der Waals surface area contributed by atoms with Crippen LogP contribution in [-0.2, 0) is 4.79 Å². The Kier molecular flexibility index (Phi) is 3.41. The first-order valence-electron chi connectivity index (χ1n) is 6.85. The van der Waals surface area contributed by atoms with Gasteiger partial charge in [-0.25, -0.2) is 0 Å². The molecule has 0 aliphatic carbocycles. The first-order chi connectivity index (χ1) is 9.10. The van der Waals surface area contributed by atoms with Gasteiger partial charge in [0.25, 0.3) is 0 Å². The molecular formula is C17H22O3. The van der Waals surface area contributed by atoms with E-state index < -0.39 is 11.9 Å². The van der Waals surface area contributed by atoms with Crippen molar-refractivity contribution in [2.24, 2.45) is 5.41 Å². The SMILES string of the molecule is CC1(C)C=Cc2cc(C(C(=O)O)C(C)(C)C)ccc2O1. The second kappa shape index (κ2) is 4.65. The van der Waals surface area contributed by atoms with Crippen molar-refractivity contribution < 1.29 is 14.6 Å². The molecule has 20 heavy (non-hydrogen) atoms. The topological polar surface area (TPSA) is 46.5 Å². The number of benzene rings is 1. The van der Waals surface area contributed by atoms with Crippen molar-refractivity contribution in [1.29, 1.82) is 0 Å². The van der Waals surface area contributed by atoms with Crippen LogP contribution in [0.5, 0.6) is 5.75 Å². The highest BCUT2D eigenvalue weighted by atomic mass is 16.5. The number of carboxylic acids is 1. The quantitative estimate of drug-likeness (QED) is 0.883. The molecule has 0 aromatic heterocycles. The lowest BCUT2D eigenvalue weighted by Gasteiger charge is -2.30. The van der Waals surface area contributed by atoms with Gasteiger partial charge in [-0.05, 0) is 43.0 Å². The molecule has 0 saturated heterocycles. The third-order valence-corrected chi connectivity index (χ3v) is 3.52. The molecule has 1 aromatic carbocycles. The molecule has 1 aromatic rings. The molecule has 3 nitrogen and oxygen atoms in total. The van der Waals surface area contributed by atoms with E-state index in [4.69, 9.17) is 4.74 Å². The van der Waals surface area contributed by atoms with E-state index >= 15 is 0 Å². The van der Waals surface area contributed by atoms with Gasteiger partial charge >= 0.3 is 5.97 Å². The van der Waals surface area contributed by atoms with Crippen LogP contribution < -0.4 is 4.74 Å². The van der Waals surface area contributed by atoms with Gasteiger partial charge in [-0.1, -0.05) is 32.9 Å². The van der Waals surface area contributed by atoms with Crippen molar-refractivity contribution in [1.82, 2.24) is 0 Å². The third kappa shape index (κ3) is 2.87. The second-order valence-corrected chi connectivity index (χ2v) is 6.97. The molecule has 2 rings (SSSR count). The molecule has 3 heteroatoms.